The lowest BCUT2D eigenvalue weighted by atomic mass is 9.45. The summed E-state index contributed by atoms with van der Waals surface area (Å²) in [6, 6.07) is 3.46. The van der Waals surface area contributed by atoms with Crippen molar-refractivity contribution >= 4 is 11.6 Å². The molecule has 4 aliphatic carbocycles. The van der Waals surface area contributed by atoms with Crippen LogP contribution in [0.4, 0.5) is 0 Å². The number of nitrogens with zero attached hydrogens (tertiary/aromatic N) is 2. The predicted molar refractivity (Wildman–Crippen MR) is 125 cm³/mol. The van der Waals surface area contributed by atoms with E-state index < -0.39 is 0 Å². The zero-order chi connectivity index (χ0) is 21.6. The van der Waals surface area contributed by atoms with E-state index in [0.717, 1.165) is 29.4 Å². The van der Waals surface area contributed by atoms with Crippen molar-refractivity contribution in [3.8, 4) is 0 Å². The number of hydrazone groups is 1. The molecule has 31 heavy (non-hydrogen) atoms. The number of hydrogen-bond acceptors (Lipinski definition) is 3. The lowest BCUT2D eigenvalue weighted by molar-refractivity contribution is -0.0913. The second kappa shape index (κ2) is 7.86. The van der Waals surface area contributed by atoms with E-state index in [1.165, 1.54) is 51.4 Å². The van der Waals surface area contributed by atoms with Gasteiger partial charge in [0.1, 0.15) is 0 Å². The van der Waals surface area contributed by atoms with Crippen molar-refractivity contribution in [2.24, 2.45) is 45.5 Å². The number of hydrogen-bond donors (Lipinski definition) is 1. The van der Waals surface area contributed by atoms with Gasteiger partial charge >= 0.3 is 0 Å². The normalized spacial score (nSPS) is 41.8. The quantitative estimate of drug-likeness (QED) is 0.370. The maximum atomic E-state index is 12.4. The Balaban J connectivity index is 1.32. The maximum absolute atomic E-state index is 12.4. The Hall–Kier alpha value is -1.97. The van der Waals surface area contributed by atoms with Crippen LogP contribution in [0.2, 0.25) is 0 Å². The molecule has 0 aliphatic heterocycles. The minimum absolute atomic E-state index is 0.151. The van der Waals surface area contributed by atoms with E-state index >= 15 is 0 Å². The van der Waals surface area contributed by atoms with E-state index in [2.05, 4.69) is 48.4 Å². The van der Waals surface area contributed by atoms with Gasteiger partial charge in [0.2, 0.25) is 0 Å². The third kappa shape index (κ3) is 3.37. The smallest absolute Gasteiger partial charge is 0.267 e. The average molecular weight is 420 g/mol. The molecule has 7 atom stereocenters. The molecular weight excluding hydrogens is 382 g/mol. The van der Waals surface area contributed by atoms with Gasteiger partial charge in [0.05, 0.1) is 0 Å². The van der Waals surface area contributed by atoms with Gasteiger partial charge in [-0.25, -0.2) is 5.43 Å². The molecule has 4 heteroatoms. The van der Waals surface area contributed by atoms with Gasteiger partial charge in [-0.15, -0.1) is 0 Å². The van der Waals surface area contributed by atoms with Gasteiger partial charge in [-0.05, 0) is 105 Å². The minimum Gasteiger partial charge on any atom is -0.267 e. The Morgan fingerprint density at radius 3 is 2.61 bits per heavy atom. The van der Waals surface area contributed by atoms with Crippen molar-refractivity contribution in [3.05, 3.63) is 42.2 Å². The summed E-state index contributed by atoms with van der Waals surface area (Å²) in [5.41, 5.74) is 5.35. The molecule has 1 aromatic rings. The summed E-state index contributed by atoms with van der Waals surface area (Å²) < 4.78 is 0. The molecule has 1 amide bonds. The van der Waals surface area contributed by atoms with Crippen molar-refractivity contribution in [3.63, 3.8) is 0 Å². The maximum Gasteiger partial charge on any atom is 0.271 e. The highest BCUT2D eigenvalue weighted by Gasteiger charge is 2.59. The van der Waals surface area contributed by atoms with E-state index in [1.807, 2.05) is 0 Å². The van der Waals surface area contributed by atoms with Crippen molar-refractivity contribution < 1.29 is 4.79 Å². The number of fused-ring (bicyclic) bond motifs is 5. The van der Waals surface area contributed by atoms with Crippen molar-refractivity contribution in [1.29, 1.82) is 0 Å². The van der Waals surface area contributed by atoms with Crippen LogP contribution >= 0.6 is 0 Å². The lowest BCUT2D eigenvalue weighted by Crippen LogP contribution is -2.52. The van der Waals surface area contributed by atoms with E-state index in [1.54, 1.807) is 24.5 Å². The van der Waals surface area contributed by atoms with Crippen LogP contribution in [0, 0.1) is 40.4 Å². The van der Waals surface area contributed by atoms with Gasteiger partial charge in [-0.2, -0.15) is 5.10 Å². The molecule has 5 rings (SSSR count). The number of pyridine rings is 1. The fourth-order valence-electron chi connectivity index (χ4n) is 8.31. The number of nitrogens with one attached hydrogen (secondary N) is 1. The Bertz CT molecular complexity index is 893. The molecule has 4 nitrogen and oxygen atoms in total. The van der Waals surface area contributed by atoms with Crippen LogP contribution in [0.1, 0.15) is 82.5 Å². The Kier molecular flexibility index (Phi) is 5.30. The van der Waals surface area contributed by atoms with E-state index in [-0.39, 0.29) is 5.91 Å². The molecule has 1 N–H and O–H groups in total. The first-order valence-corrected chi connectivity index (χ1v) is 12.3. The third-order valence-corrected chi connectivity index (χ3v) is 9.99. The van der Waals surface area contributed by atoms with Crippen LogP contribution in [0.25, 0.3) is 0 Å². The molecule has 0 unspecified atom stereocenters. The van der Waals surface area contributed by atoms with Gasteiger partial charge in [0.25, 0.3) is 5.91 Å². The summed E-state index contributed by atoms with van der Waals surface area (Å²) >= 11 is 0. The average Bonchev–Trinajstić information content (AvgIpc) is 3.14. The summed E-state index contributed by atoms with van der Waals surface area (Å²) in [6.07, 6.45) is 18.8. The lowest BCUT2D eigenvalue weighted by Gasteiger charge is -2.59. The first kappa shape index (κ1) is 20.9. The van der Waals surface area contributed by atoms with Crippen LogP contribution in [0.3, 0.4) is 0 Å². The second-order valence-electron chi connectivity index (χ2n) is 11.2. The molecule has 3 saturated carbocycles. The van der Waals surface area contributed by atoms with Crippen LogP contribution < -0.4 is 5.43 Å². The molecule has 0 radical (unpaired) electrons. The Morgan fingerprint density at radius 2 is 1.81 bits per heavy atom. The SMILES string of the molecule is CC(=NNC(=O)c1ccncc1)[C@H]1CC[C@H]2[C@@H]3CC[C@H]4CC=CC[C@]4(C)[C@H]3CC[C@]12C. The largest absolute Gasteiger partial charge is 0.271 e. The van der Waals surface area contributed by atoms with E-state index in [0.29, 0.717) is 22.3 Å². The molecule has 166 valence electrons. The second-order valence-corrected chi connectivity index (χ2v) is 11.2. The Labute approximate surface area is 187 Å². The monoisotopic (exact) mass is 419 g/mol. The standard InChI is InChI=1S/C27H37N3O/c1-18(29-30-25(31)19-12-16-28-17-13-19)22-9-10-23-21-8-7-20-6-4-5-14-26(20,2)24(21)11-15-27(22,23)3/h4-5,12-13,16-17,20-24H,6-11,14-15H2,1-3H3,(H,30,31)/t20-,21+,22-,23+,24+,26+,27-/m1/s1. The molecule has 1 heterocycles. The summed E-state index contributed by atoms with van der Waals surface area (Å²) in [5.74, 6) is 3.79. The van der Waals surface area contributed by atoms with Crippen LogP contribution in [-0.4, -0.2) is 16.6 Å². The highest BCUT2D eigenvalue weighted by Crippen LogP contribution is 2.67. The van der Waals surface area contributed by atoms with Crippen LogP contribution in [-0.2, 0) is 0 Å². The fourth-order valence-corrected chi connectivity index (χ4v) is 8.31. The number of amides is 1. The number of carbonyl (C=O) groups is 1. The summed E-state index contributed by atoms with van der Waals surface area (Å²) in [7, 11) is 0. The van der Waals surface area contributed by atoms with Gasteiger partial charge in [-0.1, -0.05) is 26.0 Å². The minimum atomic E-state index is -0.151. The highest BCUT2D eigenvalue weighted by molar-refractivity contribution is 5.95. The summed E-state index contributed by atoms with van der Waals surface area (Å²) in [6.45, 7) is 7.26. The number of carbonyl (C=O) groups excluding carboxylic acids is 1. The van der Waals surface area contributed by atoms with Crippen LogP contribution in [0.5, 0.6) is 0 Å². The van der Waals surface area contributed by atoms with Gasteiger partial charge in [0, 0.05) is 29.6 Å². The zero-order valence-corrected chi connectivity index (χ0v) is 19.3. The number of aromatic nitrogens is 1. The van der Waals surface area contributed by atoms with Gasteiger partial charge in [-0.3, -0.25) is 9.78 Å². The first-order chi connectivity index (χ1) is 14.9. The fraction of sp³-hybridized carbons (Fsp3) is 0.667. The van der Waals surface area contributed by atoms with Crippen LogP contribution in [0.15, 0.2) is 41.8 Å². The molecule has 1 aromatic heterocycles. The highest BCUT2D eigenvalue weighted by atomic mass is 16.2. The molecule has 3 fully saturated rings. The van der Waals surface area contributed by atoms with E-state index in [9.17, 15) is 4.79 Å². The first-order valence-electron chi connectivity index (χ1n) is 12.3. The Morgan fingerprint density at radius 1 is 1.03 bits per heavy atom. The predicted octanol–water partition coefficient (Wildman–Crippen LogP) is 6.01. The van der Waals surface area contributed by atoms with Crippen molar-refractivity contribution in [2.45, 2.75) is 72.1 Å². The molecular formula is C27H37N3O. The topological polar surface area (TPSA) is 54.4 Å². The summed E-state index contributed by atoms with van der Waals surface area (Å²) in [5, 5.41) is 4.59. The molecule has 0 spiro atoms. The third-order valence-electron chi connectivity index (χ3n) is 9.99. The molecule has 0 aromatic carbocycles. The van der Waals surface area contributed by atoms with Crippen molar-refractivity contribution in [2.75, 3.05) is 0 Å². The summed E-state index contributed by atoms with van der Waals surface area (Å²) in [4.78, 5) is 16.4. The van der Waals surface area contributed by atoms with Gasteiger partial charge in [0.15, 0.2) is 0 Å². The van der Waals surface area contributed by atoms with E-state index in [4.69, 9.17) is 0 Å². The molecule has 0 bridgehead atoms. The van der Waals surface area contributed by atoms with Gasteiger partial charge < -0.3 is 0 Å². The molecule has 4 aliphatic rings. The number of rotatable bonds is 3. The molecule has 0 saturated heterocycles. The number of allylic oxidation sites excluding steroid dienone is 2. The van der Waals surface area contributed by atoms with Crippen molar-refractivity contribution in [1.82, 2.24) is 10.4 Å². The zero-order valence-electron chi connectivity index (χ0n) is 19.3.